The molecule has 0 amide bonds. The first-order chi connectivity index (χ1) is 10.0. The molecule has 0 aromatic carbocycles. The molecule has 3 rings (SSSR count). The number of alkyl halides is 3. The van der Waals surface area contributed by atoms with Gasteiger partial charge >= 0.3 is 13.3 Å². The van der Waals surface area contributed by atoms with E-state index in [2.05, 4.69) is 4.98 Å². The third-order valence-corrected chi connectivity index (χ3v) is 4.78. The molecule has 2 aliphatic rings. The van der Waals surface area contributed by atoms with Crippen molar-refractivity contribution in [1.82, 2.24) is 4.98 Å². The zero-order valence-electron chi connectivity index (χ0n) is 13.1. The Bertz CT molecular complexity index is 581. The van der Waals surface area contributed by atoms with Gasteiger partial charge in [0.05, 0.1) is 11.2 Å². The van der Waals surface area contributed by atoms with E-state index in [4.69, 9.17) is 9.31 Å². The van der Waals surface area contributed by atoms with Crippen molar-refractivity contribution >= 4 is 12.6 Å². The molecule has 1 aromatic heterocycles. The fourth-order valence-corrected chi connectivity index (χ4v) is 2.55. The molecule has 0 spiro atoms. The number of aromatic nitrogens is 1. The molecule has 2 heterocycles. The van der Waals surface area contributed by atoms with Crippen molar-refractivity contribution in [1.29, 1.82) is 0 Å². The second-order valence-corrected chi connectivity index (χ2v) is 7.06. The second-order valence-electron chi connectivity index (χ2n) is 7.06. The van der Waals surface area contributed by atoms with E-state index in [1.165, 1.54) is 6.20 Å². The lowest BCUT2D eigenvalue weighted by molar-refractivity contribution is -0.141. The van der Waals surface area contributed by atoms with Crippen LogP contribution in [-0.4, -0.2) is 23.3 Å². The predicted molar refractivity (Wildman–Crippen MR) is 76.9 cm³/mol. The molecule has 1 aliphatic heterocycles. The Morgan fingerprint density at radius 3 is 2.14 bits per heavy atom. The van der Waals surface area contributed by atoms with Gasteiger partial charge in [0.1, 0.15) is 5.69 Å². The highest BCUT2D eigenvalue weighted by atomic mass is 19.4. The van der Waals surface area contributed by atoms with Crippen LogP contribution in [0.1, 0.15) is 57.7 Å². The molecule has 2 fully saturated rings. The first-order valence-corrected chi connectivity index (χ1v) is 7.44. The quantitative estimate of drug-likeness (QED) is 0.785. The molecule has 0 unspecified atom stereocenters. The third-order valence-electron chi connectivity index (χ3n) is 4.78. The molecular weight excluding hydrogens is 294 g/mol. The van der Waals surface area contributed by atoms with E-state index in [0.29, 0.717) is 5.46 Å². The number of hydrogen-bond donors (Lipinski definition) is 0. The van der Waals surface area contributed by atoms with Crippen molar-refractivity contribution in [2.45, 2.75) is 63.8 Å². The summed E-state index contributed by atoms with van der Waals surface area (Å²) in [7, 11) is -0.787. The summed E-state index contributed by atoms with van der Waals surface area (Å²) in [5.74, 6) is 0.267. The van der Waals surface area contributed by atoms with Crippen molar-refractivity contribution in [2.24, 2.45) is 0 Å². The smallest absolute Gasteiger partial charge is 0.399 e. The van der Waals surface area contributed by atoms with Crippen LogP contribution in [0.2, 0.25) is 0 Å². The van der Waals surface area contributed by atoms with E-state index in [1.807, 2.05) is 27.7 Å². The molecular formula is C15H19BF3NO2. The average molecular weight is 313 g/mol. The predicted octanol–water partition coefficient (Wildman–Crippen LogP) is 3.28. The Morgan fingerprint density at radius 1 is 1.14 bits per heavy atom. The fraction of sp³-hybridized carbons (Fsp3) is 0.667. The van der Waals surface area contributed by atoms with Gasteiger partial charge in [-0.25, -0.2) is 0 Å². The maximum atomic E-state index is 13.0. The van der Waals surface area contributed by atoms with Gasteiger partial charge in [-0.15, -0.1) is 0 Å². The minimum Gasteiger partial charge on any atom is -0.399 e. The molecule has 1 saturated heterocycles. The standard InChI is InChI=1S/C15H19BF3NO2/c1-13(2)14(3,4)22-16(21-13)11-7-12(15(17,18)19)20-8-10(11)9-5-6-9/h7-9H,5-6H2,1-4H3. The van der Waals surface area contributed by atoms with E-state index in [-0.39, 0.29) is 5.92 Å². The van der Waals surface area contributed by atoms with Crippen LogP contribution in [0.5, 0.6) is 0 Å². The normalized spacial score (nSPS) is 23.9. The zero-order valence-corrected chi connectivity index (χ0v) is 13.1. The Kier molecular flexibility index (Phi) is 3.38. The molecule has 0 atom stereocenters. The van der Waals surface area contributed by atoms with Crippen LogP contribution >= 0.6 is 0 Å². The second kappa shape index (κ2) is 4.71. The van der Waals surface area contributed by atoms with Gasteiger partial charge in [0.15, 0.2) is 0 Å². The van der Waals surface area contributed by atoms with Crippen LogP contribution in [0.3, 0.4) is 0 Å². The first-order valence-electron chi connectivity index (χ1n) is 7.44. The third kappa shape index (κ3) is 2.65. The summed E-state index contributed by atoms with van der Waals surface area (Å²) >= 11 is 0. The molecule has 1 aliphatic carbocycles. The summed E-state index contributed by atoms with van der Waals surface area (Å²) in [6.45, 7) is 7.54. The van der Waals surface area contributed by atoms with Gasteiger partial charge in [-0.1, -0.05) is 0 Å². The van der Waals surface area contributed by atoms with Crippen molar-refractivity contribution in [3.05, 3.63) is 23.5 Å². The number of pyridine rings is 1. The van der Waals surface area contributed by atoms with Gasteiger partial charge in [-0.2, -0.15) is 13.2 Å². The fourth-order valence-electron chi connectivity index (χ4n) is 2.55. The minimum absolute atomic E-state index is 0.267. The molecule has 7 heteroatoms. The lowest BCUT2D eigenvalue weighted by Crippen LogP contribution is -2.41. The van der Waals surface area contributed by atoms with Crippen molar-refractivity contribution < 1.29 is 22.5 Å². The first kappa shape index (κ1) is 15.8. The molecule has 3 nitrogen and oxygen atoms in total. The number of nitrogens with zero attached hydrogens (tertiary/aromatic N) is 1. The van der Waals surface area contributed by atoms with E-state index in [9.17, 15) is 13.2 Å². The summed E-state index contributed by atoms with van der Waals surface area (Å²) < 4.78 is 50.7. The highest BCUT2D eigenvalue weighted by Crippen LogP contribution is 2.42. The minimum atomic E-state index is -4.47. The summed E-state index contributed by atoms with van der Waals surface area (Å²) in [4.78, 5) is 3.58. The van der Waals surface area contributed by atoms with Gasteiger partial charge < -0.3 is 9.31 Å². The Balaban J connectivity index is 2.02. The van der Waals surface area contributed by atoms with Crippen LogP contribution in [0, 0.1) is 0 Å². The Labute approximate surface area is 128 Å². The lowest BCUT2D eigenvalue weighted by Gasteiger charge is -2.32. The van der Waals surface area contributed by atoms with Gasteiger partial charge in [-0.3, -0.25) is 4.98 Å². The molecule has 1 saturated carbocycles. The van der Waals surface area contributed by atoms with Crippen LogP contribution in [0.4, 0.5) is 13.2 Å². The SMILES string of the molecule is CC1(C)OB(c2cc(C(F)(F)F)ncc2C2CC2)OC1(C)C. The van der Waals surface area contributed by atoms with Crippen LogP contribution in [0.15, 0.2) is 12.3 Å². The van der Waals surface area contributed by atoms with Crippen LogP contribution in [-0.2, 0) is 15.5 Å². The summed E-state index contributed by atoms with van der Waals surface area (Å²) in [5, 5.41) is 0. The van der Waals surface area contributed by atoms with Gasteiger partial charge in [0, 0.05) is 6.20 Å². The molecule has 0 radical (unpaired) electrons. The Hall–Kier alpha value is -1.08. The molecule has 22 heavy (non-hydrogen) atoms. The Morgan fingerprint density at radius 2 is 1.68 bits per heavy atom. The van der Waals surface area contributed by atoms with E-state index in [1.54, 1.807) is 0 Å². The number of halogens is 3. The van der Waals surface area contributed by atoms with E-state index < -0.39 is 30.2 Å². The largest absolute Gasteiger partial charge is 0.495 e. The highest BCUT2D eigenvalue weighted by Gasteiger charge is 2.53. The van der Waals surface area contributed by atoms with Crippen LogP contribution in [0.25, 0.3) is 0 Å². The van der Waals surface area contributed by atoms with Crippen molar-refractivity contribution in [2.75, 3.05) is 0 Å². The number of rotatable bonds is 2. The maximum Gasteiger partial charge on any atom is 0.495 e. The summed E-state index contributed by atoms with van der Waals surface area (Å²) in [6.07, 6.45) is -1.19. The monoisotopic (exact) mass is 313 g/mol. The number of hydrogen-bond acceptors (Lipinski definition) is 3. The zero-order chi connectivity index (χ0) is 16.3. The maximum absolute atomic E-state index is 13.0. The van der Waals surface area contributed by atoms with Gasteiger partial charge in [0.25, 0.3) is 0 Å². The molecule has 1 aromatic rings. The van der Waals surface area contributed by atoms with Crippen molar-refractivity contribution in [3.8, 4) is 0 Å². The van der Waals surface area contributed by atoms with Gasteiger partial charge in [0.2, 0.25) is 0 Å². The highest BCUT2D eigenvalue weighted by molar-refractivity contribution is 6.62. The average Bonchev–Trinajstić information content (AvgIpc) is 3.16. The van der Waals surface area contributed by atoms with Crippen molar-refractivity contribution in [3.63, 3.8) is 0 Å². The summed E-state index contributed by atoms with van der Waals surface area (Å²) in [5.41, 5.74) is -0.795. The van der Waals surface area contributed by atoms with Crippen LogP contribution < -0.4 is 5.46 Å². The summed E-state index contributed by atoms with van der Waals surface area (Å²) in [6, 6.07) is 1.08. The van der Waals surface area contributed by atoms with Gasteiger partial charge in [-0.05, 0) is 63.5 Å². The molecule has 0 N–H and O–H groups in total. The van der Waals surface area contributed by atoms with E-state index in [0.717, 1.165) is 24.5 Å². The lowest BCUT2D eigenvalue weighted by atomic mass is 9.75. The molecule has 120 valence electrons. The topological polar surface area (TPSA) is 31.4 Å². The molecule has 0 bridgehead atoms. The van der Waals surface area contributed by atoms with E-state index >= 15 is 0 Å².